The van der Waals surface area contributed by atoms with Gasteiger partial charge in [0.2, 0.25) is 0 Å². The Morgan fingerprint density at radius 1 is 1.11 bits per heavy atom. The molecule has 0 heterocycles. The molecule has 0 saturated heterocycles. The molecule has 98 valence electrons. The highest BCUT2D eigenvalue weighted by molar-refractivity contribution is 6.31. The normalized spacial score (nSPS) is 12.2. The highest BCUT2D eigenvalue weighted by Gasteiger charge is 2.21. The van der Waals surface area contributed by atoms with E-state index in [1.54, 1.807) is 0 Å². The standard InChI is InChI=1S/C17H17ClO/c1-3-14(13-8-5-4-6-9-13)17(19)15-10-7-11-16(18)12(15)2/h4-11,14H,3H2,1-2H3. The Bertz CT molecular complexity index is 575. The quantitative estimate of drug-likeness (QED) is 0.714. The van der Waals surface area contributed by atoms with Gasteiger partial charge in [0.05, 0.1) is 0 Å². The molecule has 2 aromatic carbocycles. The van der Waals surface area contributed by atoms with Crippen molar-refractivity contribution < 1.29 is 4.79 Å². The van der Waals surface area contributed by atoms with E-state index >= 15 is 0 Å². The third-order valence-electron chi connectivity index (χ3n) is 3.46. The smallest absolute Gasteiger partial charge is 0.170 e. The fourth-order valence-electron chi connectivity index (χ4n) is 2.32. The molecule has 1 nitrogen and oxygen atoms in total. The van der Waals surface area contributed by atoms with E-state index in [-0.39, 0.29) is 11.7 Å². The second-order valence-electron chi connectivity index (χ2n) is 4.65. The minimum absolute atomic E-state index is 0.0987. The number of hydrogen-bond acceptors (Lipinski definition) is 1. The molecule has 0 N–H and O–H groups in total. The largest absolute Gasteiger partial charge is 0.293 e. The zero-order chi connectivity index (χ0) is 13.8. The molecule has 0 aliphatic rings. The van der Waals surface area contributed by atoms with Crippen LogP contribution in [-0.2, 0) is 0 Å². The molecular weight excluding hydrogens is 256 g/mol. The SMILES string of the molecule is CCC(C(=O)c1cccc(Cl)c1C)c1ccccc1. The van der Waals surface area contributed by atoms with Crippen LogP contribution in [0.2, 0.25) is 5.02 Å². The van der Waals surface area contributed by atoms with Gasteiger partial charge >= 0.3 is 0 Å². The number of carbonyl (C=O) groups excluding carboxylic acids is 1. The number of rotatable bonds is 4. The summed E-state index contributed by atoms with van der Waals surface area (Å²) in [6, 6.07) is 15.4. The van der Waals surface area contributed by atoms with Crippen molar-refractivity contribution in [2.75, 3.05) is 0 Å². The van der Waals surface area contributed by atoms with Gasteiger partial charge in [-0.05, 0) is 30.5 Å². The number of benzene rings is 2. The molecule has 2 heteroatoms. The Morgan fingerprint density at radius 2 is 1.79 bits per heavy atom. The lowest BCUT2D eigenvalue weighted by Crippen LogP contribution is -2.13. The van der Waals surface area contributed by atoms with Crippen LogP contribution in [-0.4, -0.2) is 5.78 Å². The Morgan fingerprint density at radius 3 is 2.42 bits per heavy atom. The highest BCUT2D eigenvalue weighted by atomic mass is 35.5. The Hall–Kier alpha value is -1.60. The number of Topliss-reactive ketones (excluding diaryl/α,β-unsaturated/α-hetero) is 1. The summed E-state index contributed by atoms with van der Waals surface area (Å²) in [6.45, 7) is 3.93. The first-order chi connectivity index (χ1) is 9.15. The van der Waals surface area contributed by atoms with E-state index in [9.17, 15) is 4.79 Å². The maximum absolute atomic E-state index is 12.7. The molecule has 1 atom stereocenters. The monoisotopic (exact) mass is 272 g/mol. The molecule has 0 bridgehead atoms. The number of ketones is 1. The summed E-state index contributed by atoms with van der Waals surface area (Å²) in [5.74, 6) is 0.0482. The van der Waals surface area contributed by atoms with E-state index in [4.69, 9.17) is 11.6 Å². The van der Waals surface area contributed by atoms with Gasteiger partial charge in [-0.3, -0.25) is 4.79 Å². The van der Waals surface area contributed by atoms with Crippen molar-refractivity contribution in [2.24, 2.45) is 0 Å². The van der Waals surface area contributed by atoms with Crippen molar-refractivity contribution in [3.63, 3.8) is 0 Å². The van der Waals surface area contributed by atoms with Gasteiger partial charge in [0.1, 0.15) is 0 Å². The lowest BCUT2D eigenvalue weighted by molar-refractivity contribution is 0.0956. The fourth-order valence-corrected chi connectivity index (χ4v) is 2.49. The summed E-state index contributed by atoms with van der Waals surface area (Å²) in [4.78, 5) is 12.7. The maximum atomic E-state index is 12.7. The van der Waals surface area contributed by atoms with Crippen LogP contribution in [0.1, 0.15) is 40.7 Å². The second-order valence-corrected chi connectivity index (χ2v) is 5.06. The zero-order valence-electron chi connectivity index (χ0n) is 11.2. The fraction of sp³-hybridized carbons (Fsp3) is 0.235. The summed E-state index contributed by atoms with van der Waals surface area (Å²) in [5, 5.41) is 0.647. The first-order valence-electron chi connectivity index (χ1n) is 6.49. The van der Waals surface area contributed by atoms with Crippen molar-refractivity contribution >= 4 is 17.4 Å². The molecule has 0 spiro atoms. The van der Waals surface area contributed by atoms with Crippen LogP contribution in [0, 0.1) is 6.92 Å². The molecule has 0 fully saturated rings. The molecule has 2 aromatic rings. The zero-order valence-corrected chi connectivity index (χ0v) is 11.9. The molecule has 0 radical (unpaired) electrons. The Labute approximate surface area is 119 Å². The van der Waals surface area contributed by atoms with Gasteiger partial charge in [-0.25, -0.2) is 0 Å². The molecule has 19 heavy (non-hydrogen) atoms. The molecule has 2 rings (SSSR count). The van der Waals surface area contributed by atoms with Gasteiger partial charge in [-0.1, -0.05) is 61.0 Å². The minimum atomic E-state index is -0.0987. The van der Waals surface area contributed by atoms with Crippen LogP contribution in [0.5, 0.6) is 0 Å². The summed E-state index contributed by atoms with van der Waals surface area (Å²) in [6.07, 6.45) is 0.787. The lowest BCUT2D eigenvalue weighted by Gasteiger charge is -2.16. The molecule has 1 unspecified atom stereocenters. The predicted octanol–water partition coefficient (Wildman–Crippen LogP) is 5.02. The molecule has 0 aliphatic heterocycles. The van der Waals surface area contributed by atoms with Gasteiger partial charge in [0.15, 0.2) is 5.78 Å². The average Bonchev–Trinajstić information content (AvgIpc) is 2.44. The van der Waals surface area contributed by atoms with Gasteiger partial charge in [0, 0.05) is 16.5 Å². The number of hydrogen-bond donors (Lipinski definition) is 0. The molecular formula is C17H17ClO. The van der Waals surface area contributed by atoms with Crippen molar-refractivity contribution in [1.29, 1.82) is 0 Å². The summed E-state index contributed by atoms with van der Waals surface area (Å²) >= 11 is 6.10. The van der Waals surface area contributed by atoms with E-state index in [1.807, 2.05) is 62.4 Å². The Balaban J connectivity index is 2.39. The maximum Gasteiger partial charge on any atom is 0.170 e. The first-order valence-corrected chi connectivity index (χ1v) is 6.87. The highest BCUT2D eigenvalue weighted by Crippen LogP contribution is 2.27. The van der Waals surface area contributed by atoms with E-state index in [1.165, 1.54) is 0 Å². The summed E-state index contributed by atoms with van der Waals surface area (Å²) in [5.41, 5.74) is 2.65. The summed E-state index contributed by atoms with van der Waals surface area (Å²) in [7, 11) is 0. The Kier molecular flexibility index (Phi) is 4.39. The van der Waals surface area contributed by atoms with Crippen molar-refractivity contribution in [1.82, 2.24) is 0 Å². The van der Waals surface area contributed by atoms with Gasteiger partial charge in [-0.15, -0.1) is 0 Å². The van der Waals surface area contributed by atoms with Gasteiger partial charge in [0.25, 0.3) is 0 Å². The van der Waals surface area contributed by atoms with E-state index < -0.39 is 0 Å². The van der Waals surface area contributed by atoms with Crippen LogP contribution < -0.4 is 0 Å². The van der Waals surface area contributed by atoms with Crippen LogP contribution >= 0.6 is 11.6 Å². The minimum Gasteiger partial charge on any atom is -0.293 e. The van der Waals surface area contributed by atoms with Crippen LogP contribution in [0.15, 0.2) is 48.5 Å². The number of halogens is 1. The molecule has 0 saturated carbocycles. The third-order valence-corrected chi connectivity index (χ3v) is 3.87. The van der Waals surface area contributed by atoms with Crippen LogP contribution in [0.3, 0.4) is 0 Å². The molecule has 0 aliphatic carbocycles. The second kappa shape index (κ2) is 6.03. The summed E-state index contributed by atoms with van der Waals surface area (Å²) < 4.78 is 0. The number of carbonyl (C=O) groups is 1. The van der Waals surface area contributed by atoms with Crippen molar-refractivity contribution in [2.45, 2.75) is 26.2 Å². The van der Waals surface area contributed by atoms with E-state index in [2.05, 4.69) is 0 Å². The van der Waals surface area contributed by atoms with E-state index in [0.717, 1.165) is 23.1 Å². The molecule has 0 amide bonds. The van der Waals surface area contributed by atoms with E-state index in [0.29, 0.717) is 5.02 Å². The first kappa shape index (κ1) is 13.8. The lowest BCUT2D eigenvalue weighted by atomic mass is 9.87. The van der Waals surface area contributed by atoms with Gasteiger partial charge < -0.3 is 0 Å². The predicted molar refractivity (Wildman–Crippen MR) is 80.0 cm³/mol. The third kappa shape index (κ3) is 2.87. The van der Waals surface area contributed by atoms with Crippen molar-refractivity contribution in [3.8, 4) is 0 Å². The molecule has 0 aromatic heterocycles. The van der Waals surface area contributed by atoms with Crippen molar-refractivity contribution in [3.05, 3.63) is 70.2 Å². The van der Waals surface area contributed by atoms with Crippen LogP contribution in [0.4, 0.5) is 0 Å². The average molecular weight is 273 g/mol. The van der Waals surface area contributed by atoms with Crippen LogP contribution in [0.25, 0.3) is 0 Å². The van der Waals surface area contributed by atoms with Gasteiger partial charge in [-0.2, -0.15) is 0 Å². The topological polar surface area (TPSA) is 17.1 Å².